The summed E-state index contributed by atoms with van der Waals surface area (Å²) in [6.45, 7) is 5.39. The van der Waals surface area contributed by atoms with Crippen molar-refractivity contribution < 1.29 is 24.4 Å². The topological polar surface area (TPSA) is 122 Å². The second kappa shape index (κ2) is 8.12. The zero-order valence-corrected chi connectivity index (χ0v) is 17.8. The lowest BCUT2D eigenvalue weighted by Crippen LogP contribution is -2.71. The molecule has 32 heavy (non-hydrogen) atoms. The van der Waals surface area contributed by atoms with Crippen LogP contribution in [0.4, 0.5) is 5.69 Å². The zero-order valence-electron chi connectivity index (χ0n) is 17.0. The molecule has 10 heteroatoms. The van der Waals surface area contributed by atoms with Crippen LogP contribution in [0.25, 0.3) is 0 Å². The van der Waals surface area contributed by atoms with Crippen molar-refractivity contribution >= 4 is 34.4 Å². The molecular formula is C22H19N3O6S. The van der Waals surface area contributed by atoms with Gasteiger partial charge in [-0.2, -0.15) is 0 Å². The fourth-order valence-electron chi connectivity index (χ4n) is 3.86. The van der Waals surface area contributed by atoms with E-state index in [2.05, 4.69) is 11.6 Å². The molecule has 3 unspecified atom stereocenters. The highest BCUT2D eigenvalue weighted by Gasteiger charge is 2.68. The molecule has 2 heterocycles. The number of β-lactam (4-membered cyclic amide) rings is 1. The molecule has 164 valence electrons. The van der Waals surface area contributed by atoms with Crippen molar-refractivity contribution in [1.82, 2.24) is 4.90 Å². The molecule has 1 fully saturated rings. The van der Waals surface area contributed by atoms with Gasteiger partial charge in [-0.15, -0.1) is 0 Å². The first-order valence-electron chi connectivity index (χ1n) is 9.65. The van der Waals surface area contributed by atoms with Crippen LogP contribution < -0.4 is 4.74 Å². The highest BCUT2D eigenvalue weighted by molar-refractivity contribution is 8.15. The van der Waals surface area contributed by atoms with E-state index in [1.165, 1.54) is 40.9 Å². The summed E-state index contributed by atoms with van der Waals surface area (Å²) in [6.07, 6.45) is 0. The third-order valence-corrected chi connectivity index (χ3v) is 6.59. The number of non-ortho nitro benzene ring substituents is 1. The summed E-state index contributed by atoms with van der Waals surface area (Å²) in [4.78, 5) is 41.7. The van der Waals surface area contributed by atoms with Crippen LogP contribution in [-0.2, 0) is 15.1 Å². The Labute approximate surface area is 187 Å². The summed E-state index contributed by atoms with van der Waals surface area (Å²) < 4.78 is 5.77. The molecule has 0 bridgehead atoms. The number of thioether (sulfide) groups is 1. The number of benzene rings is 2. The quantitative estimate of drug-likeness (QED) is 0.282. The lowest BCUT2D eigenvalue weighted by atomic mass is 9.79. The van der Waals surface area contributed by atoms with Crippen molar-refractivity contribution in [2.75, 3.05) is 6.61 Å². The number of likely N-dealkylation sites (tertiary alicyclic amines) is 1. The van der Waals surface area contributed by atoms with Crippen LogP contribution >= 0.6 is 11.8 Å². The van der Waals surface area contributed by atoms with Gasteiger partial charge in [-0.05, 0) is 42.3 Å². The van der Waals surface area contributed by atoms with Crippen LogP contribution in [0.1, 0.15) is 12.5 Å². The number of carbonyl (C=O) groups is 2. The largest absolute Gasteiger partial charge is 0.487 e. The van der Waals surface area contributed by atoms with Crippen molar-refractivity contribution in [3.05, 3.63) is 82.4 Å². The molecule has 0 spiro atoms. The monoisotopic (exact) mass is 453 g/mol. The van der Waals surface area contributed by atoms with Crippen LogP contribution in [-0.4, -0.2) is 49.9 Å². The Morgan fingerprint density at radius 2 is 1.97 bits per heavy atom. The number of nitro benzene ring substituents is 1. The number of para-hydroxylation sites is 1. The van der Waals surface area contributed by atoms with Crippen molar-refractivity contribution in [3.8, 4) is 5.75 Å². The standard InChI is InChI=1S/C22H19N3O6S/c1-13(2)18(19(26)27)24-20(28)22(14-8-10-15(11-9-14)25(29)30)21(24)32-17(23-22)12-31-16-6-4-3-5-7-16/h3-11,18,21H,1,12H2,2H3,(H,26,27). The SMILES string of the molecule is C=C(C)C(C(=O)O)N1C(=O)C2(c3ccc([N+](=O)[O-])cc3)N=C(COc3ccccc3)SC12. The summed E-state index contributed by atoms with van der Waals surface area (Å²) in [7, 11) is 0. The fraction of sp³-hybridized carbons (Fsp3) is 0.227. The first kappa shape index (κ1) is 21.6. The smallest absolute Gasteiger partial charge is 0.330 e. The molecule has 1 saturated heterocycles. The van der Waals surface area contributed by atoms with Gasteiger partial charge in [0.1, 0.15) is 22.8 Å². The highest BCUT2D eigenvalue weighted by atomic mass is 32.2. The lowest BCUT2D eigenvalue weighted by molar-refractivity contribution is -0.384. The van der Waals surface area contributed by atoms with E-state index >= 15 is 0 Å². The summed E-state index contributed by atoms with van der Waals surface area (Å²) in [6, 6.07) is 13.5. The number of nitrogens with zero attached hydrogens (tertiary/aromatic N) is 3. The third-order valence-electron chi connectivity index (χ3n) is 5.32. The fourth-order valence-corrected chi connectivity index (χ4v) is 5.23. The number of carbonyl (C=O) groups excluding carboxylic acids is 1. The maximum absolute atomic E-state index is 13.4. The van der Waals surface area contributed by atoms with Crippen molar-refractivity contribution in [2.45, 2.75) is 23.9 Å². The van der Waals surface area contributed by atoms with Gasteiger partial charge in [0.2, 0.25) is 0 Å². The zero-order chi connectivity index (χ0) is 23.0. The average Bonchev–Trinajstić information content (AvgIpc) is 3.11. The molecule has 2 aromatic rings. The van der Waals surface area contributed by atoms with Crippen molar-refractivity contribution in [2.24, 2.45) is 4.99 Å². The number of amides is 1. The first-order valence-corrected chi connectivity index (χ1v) is 10.5. The molecule has 2 aliphatic heterocycles. The van der Waals surface area contributed by atoms with Crippen LogP contribution in [0.2, 0.25) is 0 Å². The molecule has 2 aliphatic rings. The van der Waals surface area contributed by atoms with E-state index in [0.717, 1.165) is 0 Å². The minimum Gasteiger partial charge on any atom is -0.487 e. The van der Waals surface area contributed by atoms with E-state index in [4.69, 9.17) is 4.74 Å². The van der Waals surface area contributed by atoms with Gasteiger partial charge in [-0.3, -0.25) is 19.9 Å². The maximum Gasteiger partial charge on any atom is 0.330 e. The van der Waals surface area contributed by atoms with E-state index < -0.39 is 33.8 Å². The lowest BCUT2D eigenvalue weighted by Gasteiger charge is -2.52. The second-order valence-corrected chi connectivity index (χ2v) is 8.60. The van der Waals surface area contributed by atoms with Crippen LogP contribution in [0.3, 0.4) is 0 Å². The predicted molar refractivity (Wildman–Crippen MR) is 119 cm³/mol. The van der Waals surface area contributed by atoms with Gasteiger partial charge >= 0.3 is 5.97 Å². The Morgan fingerprint density at radius 3 is 2.53 bits per heavy atom. The number of carboxylic acid groups (broad SMARTS) is 1. The van der Waals surface area contributed by atoms with E-state index in [0.29, 0.717) is 21.9 Å². The predicted octanol–water partition coefficient (Wildman–Crippen LogP) is 3.21. The first-order chi connectivity index (χ1) is 15.3. The molecule has 0 aliphatic carbocycles. The number of hydrogen-bond donors (Lipinski definition) is 1. The van der Waals surface area contributed by atoms with E-state index in [1.54, 1.807) is 19.1 Å². The molecule has 2 aromatic carbocycles. The minimum atomic E-state index is -1.36. The van der Waals surface area contributed by atoms with Gasteiger partial charge in [0.15, 0.2) is 11.6 Å². The Bertz CT molecular complexity index is 1120. The molecule has 9 nitrogen and oxygen atoms in total. The molecule has 4 rings (SSSR count). The number of ether oxygens (including phenoxy) is 1. The second-order valence-electron chi connectivity index (χ2n) is 7.45. The number of carboxylic acids is 1. The average molecular weight is 453 g/mol. The Balaban J connectivity index is 1.69. The minimum absolute atomic E-state index is 0.103. The molecule has 1 amide bonds. The number of rotatable bonds is 8. The number of fused-ring (bicyclic) bond motifs is 1. The number of nitro groups is 1. The van der Waals surface area contributed by atoms with Gasteiger partial charge in [-0.25, -0.2) is 4.79 Å². The summed E-state index contributed by atoms with van der Waals surface area (Å²) in [5, 5.41) is 20.6. The molecule has 0 saturated carbocycles. The number of aliphatic carboxylic acids is 1. The van der Waals surface area contributed by atoms with Crippen LogP contribution in [0, 0.1) is 10.1 Å². The molecular weight excluding hydrogens is 434 g/mol. The van der Waals surface area contributed by atoms with Crippen LogP contribution in [0.5, 0.6) is 5.75 Å². The maximum atomic E-state index is 13.4. The molecule has 3 atom stereocenters. The number of hydrogen-bond acceptors (Lipinski definition) is 7. The van der Waals surface area contributed by atoms with E-state index in [-0.39, 0.29) is 12.3 Å². The molecule has 0 aromatic heterocycles. The van der Waals surface area contributed by atoms with Gasteiger partial charge in [0, 0.05) is 12.1 Å². The van der Waals surface area contributed by atoms with E-state index in [9.17, 15) is 24.8 Å². The Morgan fingerprint density at radius 1 is 1.31 bits per heavy atom. The Hall–Kier alpha value is -3.66. The van der Waals surface area contributed by atoms with Gasteiger partial charge < -0.3 is 14.7 Å². The summed E-state index contributed by atoms with van der Waals surface area (Å²) in [5.41, 5.74) is -0.698. The molecule has 1 N–H and O–H groups in total. The van der Waals surface area contributed by atoms with Crippen LogP contribution in [0.15, 0.2) is 71.7 Å². The highest BCUT2D eigenvalue weighted by Crippen LogP contribution is 2.55. The summed E-state index contributed by atoms with van der Waals surface area (Å²) in [5.74, 6) is -1.04. The van der Waals surface area contributed by atoms with Gasteiger partial charge in [-0.1, -0.05) is 36.5 Å². The molecule has 0 radical (unpaired) electrons. The normalized spacial score (nSPS) is 22.4. The third kappa shape index (κ3) is 3.42. The summed E-state index contributed by atoms with van der Waals surface area (Å²) >= 11 is 1.25. The van der Waals surface area contributed by atoms with Gasteiger partial charge in [0.05, 0.1) is 4.92 Å². The van der Waals surface area contributed by atoms with Crippen molar-refractivity contribution in [1.29, 1.82) is 0 Å². The number of aliphatic imine (C=N–C) groups is 1. The van der Waals surface area contributed by atoms with E-state index in [1.807, 2.05) is 18.2 Å². The van der Waals surface area contributed by atoms with Gasteiger partial charge in [0.25, 0.3) is 11.6 Å². The Kier molecular flexibility index (Phi) is 5.47. The van der Waals surface area contributed by atoms with Crippen molar-refractivity contribution in [3.63, 3.8) is 0 Å².